The molecule has 0 aliphatic heterocycles. The molecular formula is C9H10N4O4S. The Morgan fingerprint density at radius 2 is 2.44 bits per heavy atom. The van der Waals surface area contributed by atoms with E-state index in [4.69, 9.17) is 21.4 Å². The minimum Gasteiger partial charge on any atom is -0.397 e. The predicted octanol–water partition coefficient (Wildman–Crippen LogP) is 1.76. The van der Waals surface area contributed by atoms with Crippen molar-refractivity contribution in [1.82, 2.24) is 14.8 Å². The highest BCUT2D eigenvalue weighted by atomic mass is 32.1. The maximum atomic E-state index is 10.5. The normalized spacial score (nSPS) is 10.7. The first-order valence-corrected chi connectivity index (χ1v) is 5.43. The Hall–Kier alpha value is -2.00. The number of hydrogen-bond acceptors (Lipinski definition) is 6. The molecule has 2 aromatic rings. The molecule has 0 saturated carbocycles. The van der Waals surface area contributed by atoms with Gasteiger partial charge in [-0.25, -0.2) is 0 Å². The lowest BCUT2D eigenvalue weighted by molar-refractivity contribution is -0.401. The molecule has 0 amide bonds. The number of hydrogen-bond donors (Lipinski definition) is 1. The molecule has 2 heterocycles. The summed E-state index contributed by atoms with van der Waals surface area (Å²) in [7, 11) is 1.57. The first kappa shape index (κ1) is 12.5. The lowest BCUT2D eigenvalue weighted by atomic mass is 10.4. The fraction of sp³-hybridized carbons (Fsp3) is 0.333. The molecule has 2 aromatic heterocycles. The molecule has 0 radical (unpaired) electrons. The average Bonchev–Trinajstić information content (AvgIpc) is 2.93. The molecule has 0 aliphatic carbocycles. The lowest BCUT2D eigenvalue weighted by Crippen LogP contribution is -2.05. The Balaban J connectivity index is 2.37. The molecule has 0 unspecified atom stereocenters. The van der Waals surface area contributed by atoms with E-state index >= 15 is 0 Å². The largest absolute Gasteiger partial charge is 0.433 e. The number of nitrogens with zero attached hydrogens (tertiary/aromatic N) is 3. The van der Waals surface area contributed by atoms with Crippen molar-refractivity contribution in [1.29, 1.82) is 0 Å². The summed E-state index contributed by atoms with van der Waals surface area (Å²) in [6, 6.07) is 2.75. The highest BCUT2D eigenvalue weighted by Gasteiger charge is 2.17. The number of nitrogens with one attached hydrogen (secondary N) is 1. The van der Waals surface area contributed by atoms with Crippen LogP contribution < -0.4 is 0 Å². The van der Waals surface area contributed by atoms with E-state index in [9.17, 15) is 10.1 Å². The fourth-order valence-corrected chi connectivity index (χ4v) is 1.67. The van der Waals surface area contributed by atoms with Crippen molar-refractivity contribution in [2.45, 2.75) is 6.54 Å². The van der Waals surface area contributed by atoms with Crippen LogP contribution in [0.25, 0.3) is 11.6 Å². The Morgan fingerprint density at radius 3 is 3.06 bits per heavy atom. The Bertz CT molecular complexity index is 614. The molecule has 0 fully saturated rings. The van der Waals surface area contributed by atoms with E-state index in [1.807, 2.05) is 0 Å². The van der Waals surface area contributed by atoms with Gasteiger partial charge in [0.05, 0.1) is 19.2 Å². The van der Waals surface area contributed by atoms with Gasteiger partial charge in [0.2, 0.25) is 0 Å². The number of aromatic amines is 1. The lowest BCUT2D eigenvalue weighted by Gasteiger charge is -2.03. The van der Waals surface area contributed by atoms with Crippen LogP contribution in [0.4, 0.5) is 5.88 Å². The molecule has 9 heteroatoms. The summed E-state index contributed by atoms with van der Waals surface area (Å²) in [5, 5.41) is 17.1. The fourth-order valence-electron chi connectivity index (χ4n) is 1.44. The summed E-state index contributed by atoms with van der Waals surface area (Å²) >= 11 is 5.06. The Morgan fingerprint density at radius 1 is 1.67 bits per heavy atom. The van der Waals surface area contributed by atoms with Crippen molar-refractivity contribution < 1.29 is 14.1 Å². The van der Waals surface area contributed by atoms with Crippen LogP contribution in [0.15, 0.2) is 16.5 Å². The second kappa shape index (κ2) is 5.10. The van der Waals surface area contributed by atoms with Crippen molar-refractivity contribution in [2.24, 2.45) is 0 Å². The van der Waals surface area contributed by atoms with Crippen LogP contribution in [0.3, 0.4) is 0 Å². The van der Waals surface area contributed by atoms with Gasteiger partial charge in [-0.2, -0.15) is 5.10 Å². The molecule has 0 saturated heterocycles. The van der Waals surface area contributed by atoms with Gasteiger partial charge in [-0.05, 0) is 18.3 Å². The average molecular weight is 270 g/mol. The number of rotatable bonds is 5. The minimum atomic E-state index is -0.607. The van der Waals surface area contributed by atoms with Gasteiger partial charge in [0.15, 0.2) is 16.4 Å². The van der Waals surface area contributed by atoms with Gasteiger partial charge in [0.25, 0.3) is 0 Å². The molecule has 0 spiro atoms. The first-order chi connectivity index (χ1) is 8.63. The SMILES string of the molecule is COCCn1c(-c2ccc([N+](=O)[O-])o2)n[nH]c1=S. The van der Waals surface area contributed by atoms with Crippen molar-refractivity contribution in [3.05, 3.63) is 27.0 Å². The summed E-state index contributed by atoms with van der Waals surface area (Å²) in [6.07, 6.45) is 0. The number of furan rings is 1. The van der Waals surface area contributed by atoms with Crippen molar-refractivity contribution in [3.63, 3.8) is 0 Å². The van der Waals surface area contributed by atoms with Gasteiger partial charge in [-0.3, -0.25) is 19.8 Å². The molecule has 18 heavy (non-hydrogen) atoms. The van der Waals surface area contributed by atoms with Crippen LogP contribution in [0.2, 0.25) is 0 Å². The van der Waals surface area contributed by atoms with E-state index in [0.717, 1.165) is 0 Å². The molecule has 0 bridgehead atoms. The van der Waals surface area contributed by atoms with Crippen molar-refractivity contribution >= 4 is 18.1 Å². The quantitative estimate of drug-likeness (QED) is 0.505. The van der Waals surface area contributed by atoms with Gasteiger partial charge in [-0.1, -0.05) is 0 Å². The third kappa shape index (κ3) is 2.31. The maximum Gasteiger partial charge on any atom is 0.433 e. The van der Waals surface area contributed by atoms with Crippen LogP contribution in [0, 0.1) is 14.9 Å². The maximum absolute atomic E-state index is 10.5. The third-order valence-electron chi connectivity index (χ3n) is 2.27. The Labute approximate surface area is 106 Å². The standard InChI is InChI=1S/C9H10N4O4S/c1-16-5-4-12-8(10-11-9(12)18)6-2-3-7(17-6)13(14)15/h2-3H,4-5H2,1H3,(H,11,18). The number of H-pyrrole nitrogens is 1. The van der Waals surface area contributed by atoms with Gasteiger partial charge in [0, 0.05) is 7.11 Å². The molecule has 0 aromatic carbocycles. The topological polar surface area (TPSA) is 99.1 Å². The van der Waals surface area contributed by atoms with Crippen LogP contribution in [0.1, 0.15) is 0 Å². The minimum absolute atomic E-state index is 0.283. The summed E-state index contributed by atoms with van der Waals surface area (Å²) in [5.41, 5.74) is 0. The highest BCUT2D eigenvalue weighted by Crippen LogP contribution is 2.24. The predicted molar refractivity (Wildman–Crippen MR) is 63.6 cm³/mol. The van der Waals surface area contributed by atoms with E-state index in [1.165, 1.54) is 12.1 Å². The number of aromatic nitrogens is 3. The summed E-state index contributed by atoms with van der Waals surface area (Å²) in [4.78, 5) is 9.94. The molecule has 0 aliphatic rings. The zero-order chi connectivity index (χ0) is 13.1. The molecule has 1 N–H and O–H groups in total. The number of nitro groups is 1. The van der Waals surface area contributed by atoms with Crippen LogP contribution in [-0.2, 0) is 11.3 Å². The number of methoxy groups -OCH3 is 1. The van der Waals surface area contributed by atoms with Gasteiger partial charge < -0.3 is 9.15 Å². The van der Waals surface area contributed by atoms with E-state index < -0.39 is 4.92 Å². The van der Waals surface area contributed by atoms with E-state index in [-0.39, 0.29) is 11.6 Å². The van der Waals surface area contributed by atoms with Gasteiger partial charge in [-0.15, -0.1) is 0 Å². The smallest absolute Gasteiger partial charge is 0.397 e. The summed E-state index contributed by atoms with van der Waals surface area (Å²) < 4.78 is 12.1. The van der Waals surface area contributed by atoms with Crippen LogP contribution in [0.5, 0.6) is 0 Å². The van der Waals surface area contributed by atoms with E-state index in [1.54, 1.807) is 11.7 Å². The van der Waals surface area contributed by atoms with Crippen LogP contribution in [-0.4, -0.2) is 33.4 Å². The van der Waals surface area contributed by atoms with Crippen molar-refractivity contribution in [3.8, 4) is 11.6 Å². The third-order valence-corrected chi connectivity index (χ3v) is 2.58. The van der Waals surface area contributed by atoms with Gasteiger partial charge >= 0.3 is 5.88 Å². The second-order valence-electron chi connectivity index (χ2n) is 3.39. The molecular weight excluding hydrogens is 260 g/mol. The van der Waals surface area contributed by atoms with Crippen molar-refractivity contribution in [2.75, 3.05) is 13.7 Å². The first-order valence-electron chi connectivity index (χ1n) is 5.02. The number of ether oxygens (including phenoxy) is 1. The molecule has 0 atom stereocenters. The van der Waals surface area contributed by atoms with E-state index in [2.05, 4.69) is 10.2 Å². The molecule has 2 rings (SSSR count). The van der Waals surface area contributed by atoms with Crippen LogP contribution >= 0.6 is 12.2 Å². The zero-order valence-electron chi connectivity index (χ0n) is 9.45. The molecule has 8 nitrogen and oxygen atoms in total. The van der Waals surface area contributed by atoms with E-state index in [0.29, 0.717) is 23.7 Å². The summed E-state index contributed by atoms with van der Waals surface area (Å²) in [6.45, 7) is 0.930. The Kier molecular flexibility index (Phi) is 3.53. The molecule has 96 valence electrons. The van der Waals surface area contributed by atoms with Gasteiger partial charge in [0.1, 0.15) is 4.92 Å². The monoisotopic (exact) mass is 270 g/mol. The highest BCUT2D eigenvalue weighted by molar-refractivity contribution is 7.71. The summed E-state index contributed by atoms with van der Waals surface area (Å²) in [5.74, 6) is 0.354. The second-order valence-corrected chi connectivity index (χ2v) is 3.78. The zero-order valence-corrected chi connectivity index (χ0v) is 10.3.